The van der Waals surface area contributed by atoms with Crippen LogP contribution in [0.15, 0.2) is 0 Å². The van der Waals surface area contributed by atoms with Gasteiger partial charge in [-0.15, -0.1) is 0 Å². The fourth-order valence-corrected chi connectivity index (χ4v) is 7.65. The standard InChI is InChI=1S/C19H44O8Si2/c1-8-22-28(23-9-2,24-10-3)16-14-20-18-19(7)21-15-17-29(25-11-4,26-12-5)27-13-6/h19H,8-18H2,1-7H3. The molecule has 0 amide bonds. The molecule has 0 fully saturated rings. The molecule has 1 atom stereocenters. The quantitative estimate of drug-likeness (QED) is 0.192. The summed E-state index contributed by atoms with van der Waals surface area (Å²) in [7, 11) is -5.32. The van der Waals surface area contributed by atoms with Gasteiger partial charge in [0.25, 0.3) is 0 Å². The first-order chi connectivity index (χ1) is 14.0. The van der Waals surface area contributed by atoms with Gasteiger partial charge in [-0.2, -0.15) is 0 Å². The van der Waals surface area contributed by atoms with E-state index in [1.54, 1.807) is 0 Å². The average Bonchev–Trinajstić information content (AvgIpc) is 2.67. The fraction of sp³-hybridized carbons (Fsp3) is 1.00. The topological polar surface area (TPSA) is 73.8 Å². The largest absolute Gasteiger partial charge is 0.503 e. The van der Waals surface area contributed by atoms with E-state index in [9.17, 15) is 0 Å². The molecule has 10 heteroatoms. The van der Waals surface area contributed by atoms with Gasteiger partial charge < -0.3 is 36.0 Å². The minimum atomic E-state index is -2.66. The lowest BCUT2D eigenvalue weighted by atomic mass is 10.4. The van der Waals surface area contributed by atoms with Crippen LogP contribution in [0.2, 0.25) is 12.1 Å². The maximum absolute atomic E-state index is 5.90. The molecule has 0 N–H and O–H groups in total. The summed E-state index contributed by atoms with van der Waals surface area (Å²) in [6.45, 7) is 18.6. The summed E-state index contributed by atoms with van der Waals surface area (Å²) >= 11 is 0. The van der Waals surface area contributed by atoms with E-state index in [-0.39, 0.29) is 6.10 Å². The Bertz CT molecular complexity index is 342. The molecule has 0 aliphatic heterocycles. The van der Waals surface area contributed by atoms with Gasteiger partial charge in [0, 0.05) is 51.7 Å². The molecule has 0 aliphatic rings. The smallest absolute Gasteiger partial charge is 0.379 e. The summed E-state index contributed by atoms with van der Waals surface area (Å²) in [5.74, 6) is 0. The van der Waals surface area contributed by atoms with E-state index in [2.05, 4.69) is 0 Å². The lowest BCUT2D eigenvalue weighted by molar-refractivity contribution is -0.0108. The van der Waals surface area contributed by atoms with E-state index < -0.39 is 17.6 Å². The molecule has 0 aromatic heterocycles. The first kappa shape index (κ1) is 29.1. The predicted octanol–water partition coefficient (Wildman–Crippen LogP) is 3.50. The highest BCUT2D eigenvalue weighted by Gasteiger charge is 2.41. The van der Waals surface area contributed by atoms with Gasteiger partial charge in [0.1, 0.15) is 0 Å². The molecule has 0 spiro atoms. The molecule has 29 heavy (non-hydrogen) atoms. The van der Waals surface area contributed by atoms with Crippen LogP contribution >= 0.6 is 0 Å². The average molecular weight is 457 g/mol. The fourth-order valence-electron chi connectivity index (χ4n) is 2.88. The van der Waals surface area contributed by atoms with Gasteiger partial charge in [0.2, 0.25) is 0 Å². The normalized spacial score (nSPS) is 13.8. The predicted molar refractivity (Wildman–Crippen MR) is 117 cm³/mol. The molecule has 0 aromatic rings. The summed E-state index contributed by atoms with van der Waals surface area (Å²) in [5.41, 5.74) is 0. The second kappa shape index (κ2) is 17.8. The zero-order chi connectivity index (χ0) is 22.0. The Kier molecular flexibility index (Phi) is 17.8. The van der Waals surface area contributed by atoms with Crippen LogP contribution in [0.1, 0.15) is 48.5 Å². The third-order valence-electron chi connectivity index (χ3n) is 3.90. The van der Waals surface area contributed by atoms with Crippen molar-refractivity contribution in [1.29, 1.82) is 0 Å². The van der Waals surface area contributed by atoms with Crippen LogP contribution in [0.3, 0.4) is 0 Å². The van der Waals surface area contributed by atoms with Crippen molar-refractivity contribution in [2.75, 3.05) is 59.5 Å². The van der Waals surface area contributed by atoms with Crippen LogP contribution in [0.4, 0.5) is 0 Å². The van der Waals surface area contributed by atoms with E-state index in [0.717, 1.165) is 0 Å². The monoisotopic (exact) mass is 456 g/mol. The molecule has 0 heterocycles. The van der Waals surface area contributed by atoms with E-state index >= 15 is 0 Å². The molecular weight excluding hydrogens is 412 g/mol. The van der Waals surface area contributed by atoms with Crippen molar-refractivity contribution in [2.45, 2.75) is 66.7 Å². The van der Waals surface area contributed by atoms with Crippen molar-refractivity contribution in [1.82, 2.24) is 0 Å². The van der Waals surface area contributed by atoms with E-state index in [0.29, 0.717) is 71.6 Å². The van der Waals surface area contributed by atoms with Crippen molar-refractivity contribution >= 4 is 17.6 Å². The number of hydrogen-bond donors (Lipinski definition) is 0. The van der Waals surface area contributed by atoms with Gasteiger partial charge in [0.15, 0.2) is 0 Å². The summed E-state index contributed by atoms with van der Waals surface area (Å²) in [6, 6.07) is 1.26. The molecule has 0 saturated carbocycles. The molecular formula is C19H44O8Si2. The van der Waals surface area contributed by atoms with Crippen LogP contribution in [0.25, 0.3) is 0 Å². The maximum atomic E-state index is 5.90. The SMILES string of the molecule is CCO[Si](CCOCC(C)OCC[Si](OCC)(OCC)OCC)(OCC)OCC. The van der Waals surface area contributed by atoms with Crippen LogP contribution in [-0.4, -0.2) is 83.2 Å². The van der Waals surface area contributed by atoms with Crippen molar-refractivity contribution < 1.29 is 36.0 Å². The summed E-state index contributed by atoms with van der Waals surface area (Å²) in [5, 5.41) is 0. The van der Waals surface area contributed by atoms with Gasteiger partial charge >= 0.3 is 17.6 Å². The first-order valence-electron chi connectivity index (χ1n) is 11.0. The Morgan fingerprint density at radius 3 is 1.24 bits per heavy atom. The van der Waals surface area contributed by atoms with Gasteiger partial charge in [-0.3, -0.25) is 0 Å². The minimum Gasteiger partial charge on any atom is -0.379 e. The lowest BCUT2D eigenvalue weighted by Crippen LogP contribution is -2.47. The second-order valence-electron chi connectivity index (χ2n) is 6.22. The van der Waals surface area contributed by atoms with E-state index in [4.69, 9.17) is 36.0 Å². The van der Waals surface area contributed by atoms with Crippen molar-refractivity contribution in [3.63, 3.8) is 0 Å². The third-order valence-corrected chi connectivity index (χ3v) is 9.91. The molecule has 0 bridgehead atoms. The minimum absolute atomic E-state index is 0.0473. The summed E-state index contributed by atoms with van der Waals surface area (Å²) < 4.78 is 46.7. The highest BCUT2D eigenvalue weighted by atomic mass is 28.4. The maximum Gasteiger partial charge on any atom is 0.503 e. The Morgan fingerprint density at radius 1 is 0.552 bits per heavy atom. The van der Waals surface area contributed by atoms with E-state index in [1.165, 1.54) is 0 Å². The van der Waals surface area contributed by atoms with E-state index in [1.807, 2.05) is 48.5 Å². The van der Waals surface area contributed by atoms with Crippen LogP contribution in [0, 0.1) is 0 Å². The summed E-state index contributed by atoms with van der Waals surface area (Å²) in [6.07, 6.45) is -0.0473. The number of hydrogen-bond acceptors (Lipinski definition) is 8. The number of rotatable bonds is 21. The molecule has 8 nitrogen and oxygen atoms in total. The first-order valence-corrected chi connectivity index (χ1v) is 14.9. The Morgan fingerprint density at radius 2 is 0.897 bits per heavy atom. The lowest BCUT2D eigenvalue weighted by Gasteiger charge is -2.29. The van der Waals surface area contributed by atoms with Gasteiger partial charge in [-0.25, -0.2) is 0 Å². The molecule has 0 aliphatic carbocycles. The van der Waals surface area contributed by atoms with Crippen molar-refractivity contribution in [2.24, 2.45) is 0 Å². The van der Waals surface area contributed by atoms with Gasteiger partial charge in [-0.1, -0.05) is 0 Å². The third kappa shape index (κ3) is 12.5. The Labute approximate surface area is 180 Å². The van der Waals surface area contributed by atoms with Crippen LogP contribution in [-0.2, 0) is 36.0 Å². The summed E-state index contributed by atoms with van der Waals surface area (Å²) in [4.78, 5) is 0. The van der Waals surface area contributed by atoms with Crippen LogP contribution < -0.4 is 0 Å². The zero-order valence-electron chi connectivity index (χ0n) is 19.6. The van der Waals surface area contributed by atoms with Gasteiger partial charge in [-0.05, 0) is 48.5 Å². The molecule has 0 saturated heterocycles. The highest BCUT2D eigenvalue weighted by Crippen LogP contribution is 2.18. The molecule has 1 unspecified atom stereocenters. The van der Waals surface area contributed by atoms with Crippen LogP contribution in [0.5, 0.6) is 0 Å². The molecule has 0 rings (SSSR count). The Balaban J connectivity index is 4.35. The zero-order valence-corrected chi connectivity index (χ0v) is 21.6. The molecule has 0 aromatic carbocycles. The molecule has 0 radical (unpaired) electrons. The molecule has 176 valence electrons. The Hall–Kier alpha value is 0.114. The van der Waals surface area contributed by atoms with Gasteiger partial charge in [0.05, 0.1) is 25.9 Å². The highest BCUT2D eigenvalue weighted by molar-refractivity contribution is 6.61. The second-order valence-corrected chi connectivity index (χ2v) is 11.7. The van der Waals surface area contributed by atoms with Crippen molar-refractivity contribution in [3.8, 4) is 0 Å². The number of ether oxygens (including phenoxy) is 2. The van der Waals surface area contributed by atoms with Crippen molar-refractivity contribution in [3.05, 3.63) is 0 Å².